The summed E-state index contributed by atoms with van der Waals surface area (Å²) in [4.78, 5) is 12.2. The van der Waals surface area contributed by atoms with E-state index in [1.807, 2.05) is 0 Å². The number of alkyl halides is 3. The van der Waals surface area contributed by atoms with Crippen LogP contribution in [0.4, 0.5) is 18.9 Å². The van der Waals surface area contributed by atoms with E-state index in [1.165, 1.54) is 10.9 Å². The van der Waals surface area contributed by atoms with Gasteiger partial charge in [-0.2, -0.15) is 18.3 Å². The number of anilines is 1. The lowest BCUT2D eigenvalue weighted by molar-refractivity contribution is -0.137. The van der Waals surface area contributed by atoms with Crippen LogP contribution in [0.1, 0.15) is 23.0 Å². The summed E-state index contributed by atoms with van der Waals surface area (Å²) < 4.78 is 40.0. The topological polar surface area (TPSA) is 46.9 Å². The maximum Gasteiger partial charge on any atom is 0.416 e. The highest BCUT2D eigenvalue weighted by molar-refractivity contribution is 9.10. The van der Waals surface area contributed by atoms with Crippen molar-refractivity contribution in [1.29, 1.82) is 0 Å². The molecule has 1 amide bonds. The lowest BCUT2D eigenvalue weighted by Gasteiger charge is -2.12. The Bertz CT molecular complexity index is 715. The van der Waals surface area contributed by atoms with Crippen LogP contribution in [0.25, 0.3) is 0 Å². The van der Waals surface area contributed by atoms with Crippen molar-refractivity contribution >= 4 is 39.1 Å². The van der Waals surface area contributed by atoms with Crippen LogP contribution in [0, 0.1) is 0 Å². The van der Waals surface area contributed by atoms with Crippen LogP contribution in [0.15, 0.2) is 28.9 Å². The normalized spacial score (nSPS) is 11.5. The smallest absolute Gasteiger partial charge is 0.319 e. The van der Waals surface area contributed by atoms with E-state index in [0.717, 1.165) is 18.2 Å². The van der Waals surface area contributed by atoms with Crippen molar-refractivity contribution in [1.82, 2.24) is 9.78 Å². The van der Waals surface area contributed by atoms with E-state index < -0.39 is 17.6 Å². The molecule has 22 heavy (non-hydrogen) atoms. The third-order valence-corrected chi connectivity index (χ3v) is 3.76. The van der Waals surface area contributed by atoms with E-state index >= 15 is 0 Å². The van der Waals surface area contributed by atoms with Gasteiger partial charge in [0, 0.05) is 6.54 Å². The van der Waals surface area contributed by atoms with Crippen LogP contribution < -0.4 is 5.32 Å². The minimum atomic E-state index is -4.52. The Kier molecular flexibility index (Phi) is 4.81. The number of carbonyl (C=O) groups excluding carboxylic acids is 1. The Morgan fingerprint density at radius 3 is 2.73 bits per heavy atom. The Labute approximate surface area is 137 Å². The Morgan fingerprint density at radius 2 is 2.14 bits per heavy atom. The third-order valence-electron chi connectivity index (χ3n) is 2.85. The molecule has 1 heterocycles. The molecule has 1 aromatic carbocycles. The van der Waals surface area contributed by atoms with Gasteiger partial charge in [0.1, 0.15) is 5.69 Å². The zero-order valence-corrected chi connectivity index (χ0v) is 13.6. The quantitative estimate of drug-likeness (QED) is 0.825. The summed E-state index contributed by atoms with van der Waals surface area (Å²) in [5.41, 5.74) is -0.802. The molecule has 0 aliphatic heterocycles. The first-order valence-electron chi connectivity index (χ1n) is 6.13. The molecule has 0 unspecified atom stereocenters. The lowest BCUT2D eigenvalue weighted by atomic mass is 10.2. The Morgan fingerprint density at radius 1 is 1.45 bits per heavy atom. The fourth-order valence-corrected chi connectivity index (χ4v) is 2.45. The number of rotatable bonds is 3. The first-order valence-corrected chi connectivity index (χ1v) is 7.30. The number of nitrogens with zero attached hydrogens (tertiary/aromatic N) is 2. The zero-order chi connectivity index (χ0) is 16.5. The van der Waals surface area contributed by atoms with Crippen LogP contribution in [0.5, 0.6) is 0 Å². The lowest BCUT2D eigenvalue weighted by Crippen LogP contribution is -2.18. The summed E-state index contributed by atoms with van der Waals surface area (Å²) in [5.74, 6) is -0.604. The molecular weight excluding hydrogens is 387 g/mol. The van der Waals surface area contributed by atoms with E-state index in [4.69, 9.17) is 11.6 Å². The average molecular weight is 397 g/mol. The monoisotopic (exact) mass is 395 g/mol. The molecule has 0 fully saturated rings. The van der Waals surface area contributed by atoms with E-state index in [2.05, 4.69) is 26.3 Å². The molecule has 0 saturated heterocycles. The van der Waals surface area contributed by atoms with Gasteiger partial charge in [0.15, 0.2) is 0 Å². The van der Waals surface area contributed by atoms with Gasteiger partial charge in [-0.3, -0.25) is 9.48 Å². The largest absolute Gasteiger partial charge is 0.416 e. The van der Waals surface area contributed by atoms with Crippen molar-refractivity contribution in [2.75, 3.05) is 5.32 Å². The fraction of sp³-hybridized carbons (Fsp3) is 0.231. The molecule has 1 aromatic heterocycles. The van der Waals surface area contributed by atoms with Crippen LogP contribution in [-0.2, 0) is 12.7 Å². The molecule has 9 heteroatoms. The molecule has 0 atom stereocenters. The summed E-state index contributed by atoms with van der Waals surface area (Å²) in [6.07, 6.45) is -3.08. The molecule has 0 saturated carbocycles. The Hall–Kier alpha value is -1.54. The molecule has 2 rings (SSSR count). The maximum atomic E-state index is 12.7. The number of nitrogens with one attached hydrogen (secondary N) is 1. The van der Waals surface area contributed by atoms with E-state index in [-0.39, 0.29) is 16.4 Å². The first-order chi connectivity index (χ1) is 10.2. The second-order valence-electron chi connectivity index (χ2n) is 4.30. The number of hydrogen-bond donors (Lipinski definition) is 1. The van der Waals surface area contributed by atoms with Crippen molar-refractivity contribution in [2.45, 2.75) is 19.6 Å². The second-order valence-corrected chi connectivity index (χ2v) is 5.56. The molecule has 0 aliphatic carbocycles. The number of benzene rings is 1. The molecule has 0 aliphatic rings. The molecule has 118 valence electrons. The summed E-state index contributed by atoms with van der Waals surface area (Å²) in [6.45, 7) is 2.22. The highest BCUT2D eigenvalue weighted by Gasteiger charge is 2.31. The maximum absolute atomic E-state index is 12.7. The minimum absolute atomic E-state index is 0.0139. The van der Waals surface area contributed by atoms with Gasteiger partial charge in [0.25, 0.3) is 5.91 Å². The van der Waals surface area contributed by atoms with Gasteiger partial charge in [-0.25, -0.2) is 0 Å². The predicted molar refractivity (Wildman–Crippen MR) is 80.0 cm³/mol. The van der Waals surface area contributed by atoms with Gasteiger partial charge < -0.3 is 5.32 Å². The van der Waals surface area contributed by atoms with Crippen LogP contribution >= 0.6 is 27.5 Å². The zero-order valence-electron chi connectivity index (χ0n) is 11.2. The van der Waals surface area contributed by atoms with E-state index in [9.17, 15) is 18.0 Å². The van der Waals surface area contributed by atoms with Crippen molar-refractivity contribution in [2.24, 2.45) is 0 Å². The number of halogens is 5. The van der Waals surface area contributed by atoms with E-state index in [1.54, 1.807) is 6.92 Å². The molecule has 0 bridgehead atoms. The number of carbonyl (C=O) groups is 1. The number of aryl methyl sites for hydroxylation is 1. The fourth-order valence-electron chi connectivity index (χ4n) is 1.81. The predicted octanol–water partition coefficient (Wildman–Crippen LogP) is 4.59. The molecular formula is C13H10BrClF3N3O. The minimum Gasteiger partial charge on any atom is -0.319 e. The summed E-state index contributed by atoms with van der Waals surface area (Å²) in [6, 6.07) is 2.73. The van der Waals surface area contributed by atoms with Gasteiger partial charge in [-0.05, 0) is 41.1 Å². The number of aromatic nitrogens is 2. The molecule has 0 spiro atoms. The third kappa shape index (κ3) is 3.44. The molecule has 2 aromatic rings. The van der Waals surface area contributed by atoms with Crippen LogP contribution in [0.3, 0.4) is 0 Å². The standard InChI is InChI=1S/C13H10BrClF3N3O/c1-2-21-11(8(14)6-19-21)12(22)20-10-5-7(13(16,17)18)3-4-9(10)15/h3-6H,2H2,1H3,(H,20,22). The highest BCUT2D eigenvalue weighted by Crippen LogP contribution is 2.34. The van der Waals surface area contributed by atoms with Crippen LogP contribution in [-0.4, -0.2) is 15.7 Å². The summed E-state index contributed by atoms with van der Waals surface area (Å²) in [7, 11) is 0. The summed E-state index contributed by atoms with van der Waals surface area (Å²) in [5, 5.41) is 6.36. The van der Waals surface area contributed by atoms with Crippen molar-refractivity contribution in [3.63, 3.8) is 0 Å². The van der Waals surface area contributed by atoms with Gasteiger partial charge in [0.2, 0.25) is 0 Å². The van der Waals surface area contributed by atoms with Crippen molar-refractivity contribution < 1.29 is 18.0 Å². The van der Waals surface area contributed by atoms with Crippen LogP contribution in [0.2, 0.25) is 5.02 Å². The SMILES string of the molecule is CCn1ncc(Br)c1C(=O)Nc1cc(C(F)(F)F)ccc1Cl. The van der Waals surface area contributed by atoms with Gasteiger partial charge in [-0.15, -0.1) is 0 Å². The number of amides is 1. The average Bonchev–Trinajstić information content (AvgIpc) is 2.81. The van der Waals surface area contributed by atoms with E-state index in [0.29, 0.717) is 11.0 Å². The second kappa shape index (κ2) is 6.29. The Balaban J connectivity index is 2.34. The molecule has 0 radical (unpaired) electrons. The van der Waals surface area contributed by atoms with Gasteiger partial charge >= 0.3 is 6.18 Å². The molecule has 4 nitrogen and oxygen atoms in total. The summed E-state index contributed by atoms with van der Waals surface area (Å²) >= 11 is 9.03. The molecule has 1 N–H and O–H groups in total. The van der Waals surface area contributed by atoms with Gasteiger partial charge in [0.05, 0.1) is 26.9 Å². The first kappa shape index (κ1) is 16.8. The van der Waals surface area contributed by atoms with Crippen molar-refractivity contribution in [3.8, 4) is 0 Å². The highest BCUT2D eigenvalue weighted by atomic mass is 79.9. The van der Waals surface area contributed by atoms with Gasteiger partial charge in [-0.1, -0.05) is 11.6 Å². The van der Waals surface area contributed by atoms with Crippen molar-refractivity contribution in [3.05, 3.63) is 45.1 Å². The number of hydrogen-bond acceptors (Lipinski definition) is 2.